The number of nitrogens with zero attached hydrogens (tertiary/aromatic N) is 2. The lowest BCUT2D eigenvalue weighted by Gasteiger charge is -2.33. The Balaban J connectivity index is 2.36. The zero-order chi connectivity index (χ0) is 14.0. The fraction of sp³-hybridized carbons (Fsp3) is 0.571. The van der Waals surface area contributed by atoms with Crippen LogP contribution in [0.4, 0.5) is 10.7 Å². The van der Waals surface area contributed by atoms with Crippen LogP contribution in [-0.2, 0) is 0 Å². The summed E-state index contributed by atoms with van der Waals surface area (Å²) in [7, 11) is 0. The molecule has 1 saturated heterocycles. The second kappa shape index (κ2) is 5.62. The summed E-state index contributed by atoms with van der Waals surface area (Å²) in [5.41, 5.74) is 6.76. The lowest BCUT2D eigenvalue weighted by molar-refractivity contribution is 0.102. The number of nitrogens with two attached hydrogens (primary N) is 1. The third-order valence-corrected chi connectivity index (χ3v) is 5.11. The van der Waals surface area contributed by atoms with E-state index in [4.69, 9.17) is 5.73 Å². The van der Waals surface area contributed by atoms with Crippen molar-refractivity contribution in [2.75, 3.05) is 23.7 Å². The monoisotopic (exact) mass is 277 g/mol. The zero-order valence-electron chi connectivity index (χ0n) is 11.4. The Labute approximate surface area is 117 Å². The highest BCUT2D eigenvalue weighted by molar-refractivity contribution is 7.19. The molecule has 1 aliphatic heterocycles. The first-order chi connectivity index (χ1) is 9.08. The van der Waals surface area contributed by atoms with Crippen molar-refractivity contribution in [3.8, 4) is 6.07 Å². The van der Waals surface area contributed by atoms with Crippen molar-refractivity contribution in [1.82, 2.24) is 0 Å². The predicted octanol–water partition coefficient (Wildman–Crippen LogP) is 3.03. The van der Waals surface area contributed by atoms with Gasteiger partial charge in [0.05, 0.1) is 10.6 Å². The molecule has 0 bridgehead atoms. The number of piperidine rings is 1. The minimum absolute atomic E-state index is 0.0608. The molecule has 102 valence electrons. The van der Waals surface area contributed by atoms with Crippen molar-refractivity contribution in [2.24, 2.45) is 5.92 Å². The van der Waals surface area contributed by atoms with E-state index in [1.807, 2.05) is 0 Å². The fourth-order valence-corrected chi connectivity index (χ4v) is 3.71. The normalized spacial score (nSPS) is 19.2. The van der Waals surface area contributed by atoms with Crippen molar-refractivity contribution in [2.45, 2.75) is 33.1 Å². The van der Waals surface area contributed by atoms with Gasteiger partial charge < -0.3 is 10.6 Å². The summed E-state index contributed by atoms with van der Waals surface area (Å²) < 4.78 is 0. The van der Waals surface area contributed by atoms with Crippen LogP contribution in [0.5, 0.6) is 0 Å². The number of ketones is 1. The van der Waals surface area contributed by atoms with Crippen LogP contribution in [0.2, 0.25) is 0 Å². The van der Waals surface area contributed by atoms with Crippen LogP contribution < -0.4 is 10.6 Å². The molecule has 0 radical (unpaired) electrons. The Morgan fingerprint density at radius 2 is 2.37 bits per heavy atom. The van der Waals surface area contributed by atoms with E-state index in [0.717, 1.165) is 30.9 Å². The number of nitrogen functional groups attached to an aromatic ring is 1. The molecule has 1 unspecified atom stereocenters. The van der Waals surface area contributed by atoms with Crippen LogP contribution in [0.1, 0.15) is 48.3 Å². The van der Waals surface area contributed by atoms with Gasteiger partial charge in [0.2, 0.25) is 0 Å². The van der Waals surface area contributed by atoms with Gasteiger partial charge in [0.25, 0.3) is 0 Å². The molecule has 2 rings (SSSR count). The van der Waals surface area contributed by atoms with Crippen LogP contribution in [0.25, 0.3) is 0 Å². The van der Waals surface area contributed by atoms with Gasteiger partial charge in [-0.25, -0.2) is 0 Å². The molecule has 4 nitrogen and oxygen atoms in total. The highest BCUT2D eigenvalue weighted by Crippen LogP contribution is 2.39. The SMILES string of the molecule is CCC1CCCN(c2sc(C(C)=O)c(N)c2C#N)C1. The number of hydrogen-bond donors (Lipinski definition) is 1. The minimum Gasteiger partial charge on any atom is -0.396 e. The number of carbonyl (C=O) groups excluding carboxylic acids is 1. The summed E-state index contributed by atoms with van der Waals surface area (Å²) in [5.74, 6) is 0.610. The Morgan fingerprint density at radius 1 is 1.63 bits per heavy atom. The van der Waals surface area contributed by atoms with Crippen molar-refractivity contribution in [1.29, 1.82) is 5.26 Å². The van der Waals surface area contributed by atoms with Crippen molar-refractivity contribution >= 4 is 27.8 Å². The first-order valence-electron chi connectivity index (χ1n) is 6.66. The molecule has 0 amide bonds. The molecule has 0 aromatic carbocycles. The molecular weight excluding hydrogens is 258 g/mol. The third kappa shape index (κ3) is 2.59. The summed E-state index contributed by atoms with van der Waals surface area (Å²) in [5, 5.41) is 10.2. The van der Waals surface area contributed by atoms with Gasteiger partial charge in [-0.05, 0) is 18.8 Å². The maximum atomic E-state index is 11.6. The molecule has 1 fully saturated rings. The molecule has 0 saturated carbocycles. The topological polar surface area (TPSA) is 70.1 Å². The Hall–Kier alpha value is -1.54. The van der Waals surface area contributed by atoms with Crippen molar-refractivity contribution in [3.05, 3.63) is 10.4 Å². The van der Waals surface area contributed by atoms with Crippen LogP contribution in [0.15, 0.2) is 0 Å². The predicted molar refractivity (Wildman–Crippen MR) is 78.7 cm³/mol. The number of carbonyl (C=O) groups is 1. The van der Waals surface area contributed by atoms with E-state index >= 15 is 0 Å². The van der Waals surface area contributed by atoms with Gasteiger partial charge in [0, 0.05) is 20.0 Å². The van der Waals surface area contributed by atoms with Gasteiger partial charge >= 0.3 is 0 Å². The summed E-state index contributed by atoms with van der Waals surface area (Å²) >= 11 is 1.37. The molecule has 1 aliphatic rings. The summed E-state index contributed by atoms with van der Waals surface area (Å²) in [6.07, 6.45) is 3.53. The van der Waals surface area contributed by atoms with E-state index in [1.54, 1.807) is 0 Å². The van der Waals surface area contributed by atoms with Gasteiger partial charge in [-0.3, -0.25) is 4.79 Å². The Kier molecular flexibility index (Phi) is 4.11. The molecule has 1 aromatic rings. The maximum Gasteiger partial charge on any atom is 0.171 e. The lowest BCUT2D eigenvalue weighted by atomic mass is 9.96. The van der Waals surface area contributed by atoms with Crippen LogP contribution in [0, 0.1) is 17.2 Å². The van der Waals surface area contributed by atoms with E-state index in [1.165, 1.54) is 24.7 Å². The zero-order valence-corrected chi connectivity index (χ0v) is 12.2. The molecule has 19 heavy (non-hydrogen) atoms. The molecule has 1 aromatic heterocycles. The maximum absolute atomic E-state index is 11.6. The van der Waals surface area contributed by atoms with Crippen LogP contribution >= 0.6 is 11.3 Å². The number of thiophene rings is 1. The highest BCUT2D eigenvalue weighted by Gasteiger charge is 2.26. The number of nitriles is 1. The van der Waals surface area contributed by atoms with E-state index in [0.29, 0.717) is 22.0 Å². The van der Waals surface area contributed by atoms with E-state index < -0.39 is 0 Å². The van der Waals surface area contributed by atoms with Gasteiger partial charge in [-0.15, -0.1) is 11.3 Å². The van der Waals surface area contributed by atoms with E-state index in [-0.39, 0.29) is 5.78 Å². The summed E-state index contributed by atoms with van der Waals surface area (Å²) in [6, 6.07) is 2.16. The molecular formula is C14H19N3OS. The van der Waals surface area contributed by atoms with Gasteiger partial charge in [-0.1, -0.05) is 13.3 Å². The molecule has 2 heterocycles. The number of rotatable bonds is 3. The summed E-state index contributed by atoms with van der Waals surface area (Å²) in [6.45, 7) is 5.60. The van der Waals surface area contributed by atoms with Crippen molar-refractivity contribution < 1.29 is 4.79 Å². The Bertz CT molecular complexity index is 530. The number of anilines is 2. The van der Waals surface area contributed by atoms with E-state index in [2.05, 4.69) is 17.9 Å². The largest absolute Gasteiger partial charge is 0.396 e. The average molecular weight is 277 g/mol. The van der Waals surface area contributed by atoms with Crippen molar-refractivity contribution in [3.63, 3.8) is 0 Å². The molecule has 1 atom stereocenters. The average Bonchev–Trinajstić information content (AvgIpc) is 2.75. The first-order valence-corrected chi connectivity index (χ1v) is 7.48. The lowest BCUT2D eigenvalue weighted by Crippen LogP contribution is -2.35. The van der Waals surface area contributed by atoms with E-state index in [9.17, 15) is 10.1 Å². The first kappa shape index (κ1) is 13.9. The highest BCUT2D eigenvalue weighted by atomic mass is 32.1. The molecule has 0 aliphatic carbocycles. The van der Waals surface area contributed by atoms with Crippen LogP contribution in [-0.4, -0.2) is 18.9 Å². The van der Waals surface area contributed by atoms with Gasteiger partial charge in [-0.2, -0.15) is 5.26 Å². The Morgan fingerprint density at radius 3 is 2.95 bits per heavy atom. The molecule has 2 N–H and O–H groups in total. The smallest absolute Gasteiger partial charge is 0.171 e. The third-order valence-electron chi connectivity index (χ3n) is 3.74. The van der Waals surface area contributed by atoms with Crippen LogP contribution in [0.3, 0.4) is 0 Å². The minimum atomic E-state index is -0.0608. The number of Topliss-reactive ketones (excluding diaryl/α,β-unsaturated/α-hetero) is 1. The molecule has 5 heteroatoms. The standard InChI is InChI=1S/C14H19N3OS/c1-3-10-5-4-6-17(8-10)14-11(7-15)12(16)13(19-14)9(2)18/h10H,3-6,8,16H2,1-2H3. The van der Waals surface area contributed by atoms with Gasteiger partial charge in [0.15, 0.2) is 5.78 Å². The summed E-state index contributed by atoms with van der Waals surface area (Å²) in [4.78, 5) is 14.3. The second-order valence-corrected chi connectivity index (χ2v) is 6.05. The fourth-order valence-electron chi connectivity index (χ4n) is 2.61. The van der Waals surface area contributed by atoms with Gasteiger partial charge in [0.1, 0.15) is 16.6 Å². The quantitative estimate of drug-likeness (QED) is 0.862. The molecule has 0 spiro atoms. The second-order valence-electron chi connectivity index (χ2n) is 5.06. The number of hydrogen-bond acceptors (Lipinski definition) is 5.